The van der Waals surface area contributed by atoms with Crippen LogP contribution in [0.25, 0.3) is 0 Å². The first-order chi connectivity index (χ1) is 4.36. The summed E-state index contributed by atoms with van der Waals surface area (Å²) in [7, 11) is 0. The van der Waals surface area contributed by atoms with Crippen molar-refractivity contribution in [2.24, 2.45) is 0 Å². The van der Waals surface area contributed by atoms with E-state index in [1.54, 1.807) is 6.07 Å². The molecular formula is C6H8O4. The summed E-state index contributed by atoms with van der Waals surface area (Å²) in [5.41, 5.74) is 0. The third-order valence-electron chi connectivity index (χ3n) is 0.954. The Kier molecular flexibility index (Phi) is 3.38. The topological polar surface area (TPSA) is 81.9 Å². The van der Waals surface area contributed by atoms with Gasteiger partial charge in [0.15, 0.2) is 12.0 Å². The van der Waals surface area contributed by atoms with Crippen LogP contribution in [0.15, 0.2) is 16.5 Å². The maximum Gasteiger partial charge on any atom is 0.185 e. The highest BCUT2D eigenvalue weighted by molar-refractivity contribution is 5.70. The zero-order chi connectivity index (χ0) is 6.69. The number of aliphatic hydroxyl groups is 1. The molecule has 1 rings (SSSR count). The molecule has 1 aromatic rings. The van der Waals surface area contributed by atoms with Gasteiger partial charge < -0.3 is 15.0 Å². The fourth-order valence-electron chi connectivity index (χ4n) is 0.543. The van der Waals surface area contributed by atoms with E-state index in [2.05, 4.69) is 0 Å². The fraction of sp³-hybridized carbons (Fsp3) is 0.167. The maximum absolute atomic E-state index is 9.96. The fourth-order valence-corrected chi connectivity index (χ4v) is 0.543. The Morgan fingerprint density at radius 2 is 2.30 bits per heavy atom. The summed E-state index contributed by atoms with van der Waals surface area (Å²) < 4.78 is 4.76. The monoisotopic (exact) mass is 144 g/mol. The van der Waals surface area contributed by atoms with Crippen LogP contribution >= 0.6 is 0 Å². The molecule has 0 aliphatic heterocycles. The van der Waals surface area contributed by atoms with Crippen molar-refractivity contribution < 1.29 is 19.8 Å². The number of furan rings is 1. The molecular weight excluding hydrogens is 136 g/mol. The summed E-state index contributed by atoms with van der Waals surface area (Å²) in [6.45, 7) is -0.159. The first-order valence-electron chi connectivity index (χ1n) is 2.51. The second kappa shape index (κ2) is 3.81. The standard InChI is InChI=1S/C6H6O3.H2O/c7-3-5-1-2-6(4-8)9-5;/h1-3,8H,4H2;1H2. The second-order valence-corrected chi connectivity index (χ2v) is 1.58. The van der Waals surface area contributed by atoms with Gasteiger partial charge in [-0.15, -0.1) is 0 Å². The lowest BCUT2D eigenvalue weighted by Gasteiger charge is -1.82. The molecule has 3 N–H and O–H groups in total. The second-order valence-electron chi connectivity index (χ2n) is 1.58. The van der Waals surface area contributed by atoms with Crippen LogP contribution in [0.1, 0.15) is 16.3 Å². The lowest BCUT2D eigenvalue weighted by atomic mass is 10.4. The molecule has 0 amide bonds. The predicted octanol–water partition coefficient (Wildman–Crippen LogP) is -0.240. The average molecular weight is 144 g/mol. The first kappa shape index (κ1) is 8.87. The minimum atomic E-state index is -0.159. The molecule has 0 atom stereocenters. The van der Waals surface area contributed by atoms with Gasteiger partial charge in [0.05, 0.1) is 0 Å². The Morgan fingerprint density at radius 3 is 2.60 bits per heavy atom. The Balaban J connectivity index is 0.000000810. The van der Waals surface area contributed by atoms with Gasteiger partial charge in [0.2, 0.25) is 0 Å². The Labute approximate surface area is 57.4 Å². The minimum absolute atomic E-state index is 0. The molecule has 10 heavy (non-hydrogen) atoms. The van der Waals surface area contributed by atoms with Gasteiger partial charge in [-0.2, -0.15) is 0 Å². The van der Waals surface area contributed by atoms with Crippen molar-refractivity contribution in [3.05, 3.63) is 23.7 Å². The lowest BCUT2D eigenvalue weighted by molar-refractivity contribution is 0.109. The first-order valence-corrected chi connectivity index (χ1v) is 2.51. The molecule has 0 fully saturated rings. The molecule has 0 radical (unpaired) electrons. The zero-order valence-corrected chi connectivity index (χ0v) is 5.20. The van der Waals surface area contributed by atoms with Gasteiger partial charge >= 0.3 is 0 Å². The van der Waals surface area contributed by atoms with E-state index < -0.39 is 0 Å². The van der Waals surface area contributed by atoms with Gasteiger partial charge in [0, 0.05) is 0 Å². The summed E-state index contributed by atoms with van der Waals surface area (Å²) in [5, 5.41) is 8.44. The highest BCUT2D eigenvalue weighted by Crippen LogP contribution is 2.03. The van der Waals surface area contributed by atoms with E-state index in [0.29, 0.717) is 12.0 Å². The van der Waals surface area contributed by atoms with Crippen molar-refractivity contribution in [3.8, 4) is 0 Å². The predicted molar refractivity (Wildman–Crippen MR) is 33.6 cm³/mol. The molecule has 4 nitrogen and oxygen atoms in total. The molecule has 0 saturated heterocycles. The highest BCUT2D eigenvalue weighted by Gasteiger charge is 1.96. The van der Waals surface area contributed by atoms with Crippen molar-refractivity contribution in [1.82, 2.24) is 0 Å². The Hall–Kier alpha value is -1.13. The van der Waals surface area contributed by atoms with Crippen LogP contribution in [0.2, 0.25) is 0 Å². The van der Waals surface area contributed by atoms with Crippen LogP contribution in [-0.4, -0.2) is 16.9 Å². The molecule has 56 valence electrons. The summed E-state index contributed by atoms with van der Waals surface area (Å²) >= 11 is 0. The average Bonchev–Trinajstić information content (AvgIpc) is 2.34. The van der Waals surface area contributed by atoms with Crippen LogP contribution in [0, 0.1) is 0 Å². The van der Waals surface area contributed by atoms with E-state index in [0.717, 1.165) is 0 Å². The molecule has 0 aromatic carbocycles. The molecule has 1 heterocycles. The quantitative estimate of drug-likeness (QED) is 0.581. The van der Waals surface area contributed by atoms with Crippen LogP contribution in [0.5, 0.6) is 0 Å². The molecule has 0 spiro atoms. The van der Waals surface area contributed by atoms with Gasteiger partial charge in [-0.1, -0.05) is 0 Å². The van der Waals surface area contributed by atoms with Crippen molar-refractivity contribution >= 4 is 6.29 Å². The van der Waals surface area contributed by atoms with Crippen molar-refractivity contribution in [2.75, 3.05) is 0 Å². The van der Waals surface area contributed by atoms with Crippen molar-refractivity contribution in [1.29, 1.82) is 0 Å². The normalized spacial score (nSPS) is 8.50. The third kappa shape index (κ3) is 1.68. The molecule has 0 aliphatic carbocycles. The molecule has 0 bridgehead atoms. The van der Waals surface area contributed by atoms with Crippen molar-refractivity contribution in [2.45, 2.75) is 6.61 Å². The van der Waals surface area contributed by atoms with E-state index in [1.165, 1.54) is 6.07 Å². The third-order valence-corrected chi connectivity index (χ3v) is 0.954. The van der Waals surface area contributed by atoms with Crippen LogP contribution in [0.4, 0.5) is 0 Å². The number of rotatable bonds is 2. The largest absolute Gasteiger partial charge is 0.456 e. The zero-order valence-electron chi connectivity index (χ0n) is 5.20. The van der Waals surface area contributed by atoms with E-state index in [9.17, 15) is 4.79 Å². The number of aliphatic hydroxyl groups excluding tert-OH is 1. The SMILES string of the molecule is O.O=Cc1ccc(CO)o1. The highest BCUT2D eigenvalue weighted by atomic mass is 16.4. The van der Waals surface area contributed by atoms with Crippen LogP contribution in [-0.2, 0) is 6.61 Å². The van der Waals surface area contributed by atoms with E-state index >= 15 is 0 Å². The van der Waals surface area contributed by atoms with Gasteiger partial charge in [0.25, 0.3) is 0 Å². The van der Waals surface area contributed by atoms with Crippen LogP contribution in [0.3, 0.4) is 0 Å². The summed E-state index contributed by atoms with van der Waals surface area (Å²) in [6.07, 6.45) is 0.596. The molecule has 0 unspecified atom stereocenters. The lowest BCUT2D eigenvalue weighted by Crippen LogP contribution is -1.74. The summed E-state index contributed by atoms with van der Waals surface area (Å²) in [5.74, 6) is 0.663. The molecule has 1 aromatic heterocycles. The minimum Gasteiger partial charge on any atom is -0.456 e. The number of aldehydes is 1. The summed E-state index contributed by atoms with van der Waals surface area (Å²) in [6, 6.07) is 3.07. The smallest absolute Gasteiger partial charge is 0.185 e. The van der Waals surface area contributed by atoms with Gasteiger partial charge in [0.1, 0.15) is 12.4 Å². The van der Waals surface area contributed by atoms with E-state index in [-0.39, 0.29) is 17.8 Å². The number of carbonyl (C=O) groups is 1. The summed E-state index contributed by atoms with van der Waals surface area (Å²) in [4.78, 5) is 9.96. The molecule has 4 heteroatoms. The van der Waals surface area contributed by atoms with Gasteiger partial charge in [-0.25, -0.2) is 0 Å². The maximum atomic E-state index is 9.96. The van der Waals surface area contributed by atoms with Gasteiger partial charge in [-0.3, -0.25) is 4.79 Å². The number of hydrogen-bond acceptors (Lipinski definition) is 3. The molecule has 0 saturated carbocycles. The van der Waals surface area contributed by atoms with E-state index in [1.807, 2.05) is 0 Å². The molecule has 0 aliphatic rings. The van der Waals surface area contributed by atoms with E-state index in [4.69, 9.17) is 9.52 Å². The Morgan fingerprint density at radius 1 is 1.60 bits per heavy atom. The van der Waals surface area contributed by atoms with Gasteiger partial charge in [-0.05, 0) is 12.1 Å². The van der Waals surface area contributed by atoms with Crippen molar-refractivity contribution in [3.63, 3.8) is 0 Å². The number of carbonyl (C=O) groups excluding carboxylic acids is 1. The van der Waals surface area contributed by atoms with Crippen LogP contribution < -0.4 is 0 Å². The number of hydrogen-bond donors (Lipinski definition) is 1. The Bertz CT molecular complexity index is 203.